The second-order valence-electron chi connectivity index (χ2n) is 7.82. The van der Waals surface area contributed by atoms with Crippen LogP contribution in [-0.4, -0.2) is 40.9 Å². The number of aryl methyl sites for hydroxylation is 1. The zero-order valence-electron chi connectivity index (χ0n) is 15.2. The van der Waals surface area contributed by atoms with Gasteiger partial charge < -0.3 is 14.4 Å². The monoisotopic (exact) mass is 338 g/mol. The fourth-order valence-corrected chi connectivity index (χ4v) is 5.86. The summed E-state index contributed by atoms with van der Waals surface area (Å²) in [5.41, 5.74) is 5.78. The lowest BCUT2D eigenvalue weighted by atomic mass is 9.64. The zero-order chi connectivity index (χ0) is 17.3. The van der Waals surface area contributed by atoms with Gasteiger partial charge in [-0.3, -0.25) is 4.90 Å². The van der Waals surface area contributed by atoms with E-state index in [2.05, 4.69) is 47.7 Å². The van der Waals surface area contributed by atoms with E-state index < -0.39 is 0 Å². The summed E-state index contributed by atoms with van der Waals surface area (Å²) in [7, 11) is 3.94. The number of ether oxygens (including phenoxy) is 1. The quantitative estimate of drug-likeness (QED) is 0.855. The maximum Gasteiger partial charge on any atom is 0.119 e. The Labute approximate surface area is 148 Å². The van der Waals surface area contributed by atoms with Crippen molar-refractivity contribution in [3.05, 3.63) is 41.1 Å². The van der Waals surface area contributed by atoms with E-state index in [1.54, 1.807) is 7.11 Å². The summed E-state index contributed by atoms with van der Waals surface area (Å²) in [4.78, 5) is 2.66. The van der Waals surface area contributed by atoms with Gasteiger partial charge in [-0.05, 0) is 49.4 Å². The molecule has 1 aromatic carbocycles. The zero-order valence-corrected chi connectivity index (χ0v) is 15.2. The first-order valence-corrected chi connectivity index (χ1v) is 9.34. The number of aliphatic hydroxyl groups excluding tert-OH is 1. The van der Waals surface area contributed by atoms with Crippen molar-refractivity contribution in [2.75, 3.05) is 20.3 Å². The van der Waals surface area contributed by atoms with Gasteiger partial charge in [0.1, 0.15) is 5.75 Å². The van der Waals surface area contributed by atoms with Crippen LogP contribution in [0.3, 0.4) is 0 Å². The molecule has 1 aromatic heterocycles. The highest BCUT2D eigenvalue weighted by Crippen LogP contribution is 2.54. The lowest BCUT2D eigenvalue weighted by Gasteiger charge is -2.58. The normalized spacial score (nSPS) is 34.6. The number of piperidine rings is 3. The van der Waals surface area contributed by atoms with Crippen molar-refractivity contribution in [3.63, 3.8) is 0 Å². The van der Waals surface area contributed by atoms with Crippen molar-refractivity contribution in [3.8, 4) is 5.75 Å². The molecule has 25 heavy (non-hydrogen) atoms. The molecule has 0 amide bonds. The van der Waals surface area contributed by atoms with Gasteiger partial charge in [-0.15, -0.1) is 0 Å². The fourth-order valence-electron chi connectivity index (χ4n) is 5.86. The summed E-state index contributed by atoms with van der Waals surface area (Å²) in [6, 6.07) is 7.37. The molecule has 2 aromatic rings. The molecule has 1 unspecified atom stereocenters. The number of hydrogen-bond acceptors (Lipinski definition) is 3. The summed E-state index contributed by atoms with van der Waals surface area (Å²) in [5.74, 6) is 1.83. The summed E-state index contributed by atoms with van der Waals surface area (Å²) >= 11 is 0. The van der Waals surface area contributed by atoms with Gasteiger partial charge in [0.15, 0.2) is 0 Å². The number of allylic oxidation sites excluding steroid dienone is 1. The minimum Gasteiger partial charge on any atom is -0.497 e. The van der Waals surface area contributed by atoms with Crippen molar-refractivity contribution in [2.24, 2.45) is 18.9 Å². The molecule has 5 atom stereocenters. The van der Waals surface area contributed by atoms with Crippen LogP contribution in [0.4, 0.5) is 0 Å². The number of aromatic nitrogens is 1. The third-order valence-corrected chi connectivity index (χ3v) is 7.03. The van der Waals surface area contributed by atoms with E-state index in [0.29, 0.717) is 30.5 Å². The Morgan fingerprint density at radius 3 is 2.92 bits per heavy atom. The molecule has 0 saturated carbocycles. The third kappa shape index (κ3) is 1.90. The van der Waals surface area contributed by atoms with E-state index in [9.17, 15) is 5.11 Å². The first kappa shape index (κ1) is 15.5. The average Bonchev–Trinajstić information content (AvgIpc) is 2.93. The molecule has 0 aliphatic carbocycles. The molecule has 4 bridgehead atoms. The lowest BCUT2D eigenvalue weighted by Crippen LogP contribution is -2.61. The standard InChI is InChI=1S/C21H26N2O2/c1-4-12-10-23-19-9-16-15-7-13(25-3)5-6-18(15)22(2)21(16)20(23)8-14(12)17(19)11-24/h4-7,14,17,19-20,24H,8-11H2,1-3H3/t14-,17+,19-,20-/m0/s1. The van der Waals surface area contributed by atoms with Gasteiger partial charge in [-0.1, -0.05) is 11.6 Å². The molecule has 4 aliphatic heterocycles. The van der Waals surface area contributed by atoms with Gasteiger partial charge in [0.25, 0.3) is 0 Å². The van der Waals surface area contributed by atoms with Crippen LogP contribution in [0, 0.1) is 11.8 Å². The van der Waals surface area contributed by atoms with Gasteiger partial charge in [-0.2, -0.15) is 0 Å². The van der Waals surface area contributed by atoms with E-state index in [4.69, 9.17) is 4.74 Å². The minimum atomic E-state index is 0.291. The average molecular weight is 338 g/mol. The molecule has 3 saturated heterocycles. The van der Waals surface area contributed by atoms with E-state index in [-0.39, 0.29) is 0 Å². The number of hydrogen-bond donors (Lipinski definition) is 1. The number of fused-ring (bicyclic) bond motifs is 4. The van der Waals surface area contributed by atoms with Crippen LogP contribution >= 0.6 is 0 Å². The van der Waals surface area contributed by atoms with Crippen molar-refractivity contribution in [2.45, 2.75) is 31.8 Å². The smallest absolute Gasteiger partial charge is 0.119 e. The van der Waals surface area contributed by atoms with Crippen molar-refractivity contribution in [1.29, 1.82) is 0 Å². The molecular weight excluding hydrogens is 312 g/mol. The highest BCUT2D eigenvalue weighted by Gasteiger charge is 2.52. The molecule has 3 fully saturated rings. The second kappa shape index (κ2) is 5.36. The Morgan fingerprint density at radius 2 is 2.20 bits per heavy atom. The van der Waals surface area contributed by atoms with Crippen molar-refractivity contribution < 1.29 is 9.84 Å². The molecule has 6 rings (SSSR count). The second-order valence-corrected chi connectivity index (χ2v) is 7.82. The molecule has 4 nitrogen and oxygen atoms in total. The molecule has 0 spiro atoms. The largest absolute Gasteiger partial charge is 0.497 e. The van der Waals surface area contributed by atoms with Crippen LogP contribution < -0.4 is 4.74 Å². The molecule has 0 radical (unpaired) electrons. The van der Waals surface area contributed by atoms with Gasteiger partial charge >= 0.3 is 0 Å². The van der Waals surface area contributed by atoms with Crippen LogP contribution in [0.5, 0.6) is 5.75 Å². The molecule has 5 heterocycles. The van der Waals surface area contributed by atoms with Crippen LogP contribution in [-0.2, 0) is 13.5 Å². The summed E-state index contributed by atoms with van der Waals surface area (Å²) in [6.45, 7) is 3.51. The molecule has 1 N–H and O–H groups in total. The van der Waals surface area contributed by atoms with Crippen LogP contribution in [0.15, 0.2) is 29.8 Å². The SMILES string of the molecule is CC=C1CN2[C@H]3C[C@@H]1[C@@H](CO)[C@@H]2Cc1c3n(C)c2ccc(OC)cc12. The van der Waals surface area contributed by atoms with Crippen molar-refractivity contribution in [1.82, 2.24) is 9.47 Å². The summed E-state index contributed by atoms with van der Waals surface area (Å²) in [6.07, 6.45) is 4.45. The van der Waals surface area contributed by atoms with E-state index in [0.717, 1.165) is 25.1 Å². The molecule has 132 valence electrons. The fraction of sp³-hybridized carbons (Fsp3) is 0.524. The van der Waals surface area contributed by atoms with Gasteiger partial charge in [0, 0.05) is 48.8 Å². The first-order chi connectivity index (χ1) is 12.2. The minimum absolute atomic E-state index is 0.291. The van der Waals surface area contributed by atoms with Crippen LogP contribution in [0.25, 0.3) is 10.9 Å². The number of aliphatic hydroxyl groups is 1. The Morgan fingerprint density at radius 1 is 1.36 bits per heavy atom. The third-order valence-electron chi connectivity index (χ3n) is 7.03. The Hall–Kier alpha value is -1.78. The Balaban J connectivity index is 1.71. The summed E-state index contributed by atoms with van der Waals surface area (Å²) in [5, 5.41) is 11.4. The molecule has 4 heteroatoms. The number of rotatable bonds is 2. The van der Waals surface area contributed by atoms with E-state index in [1.807, 2.05) is 0 Å². The number of methoxy groups -OCH3 is 1. The molecule has 4 aliphatic rings. The van der Waals surface area contributed by atoms with Crippen LogP contribution in [0.1, 0.15) is 30.6 Å². The first-order valence-electron chi connectivity index (χ1n) is 9.34. The maximum absolute atomic E-state index is 10.1. The van der Waals surface area contributed by atoms with E-state index >= 15 is 0 Å². The van der Waals surface area contributed by atoms with Gasteiger partial charge in [0.2, 0.25) is 0 Å². The van der Waals surface area contributed by atoms with Crippen LogP contribution in [0.2, 0.25) is 0 Å². The molecular formula is C21H26N2O2. The predicted molar refractivity (Wildman–Crippen MR) is 98.8 cm³/mol. The Bertz CT molecular complexity index is 882. The van der Waals surface area contributed by atoms with Gasteiger partial charge in [0.05, 0.1) is 13.2 Å². The Kier molecular flexibility index (Phi) is 3.32. The topological polar surface area (TPSA) is 37.6 Å². The highest BCUT2D eigenvalue weighted by atomic mass is 16.5. The maximum atomic E-state index is 10.1. The van der Waals surface area contributed by atoms with E-state index in [1.165, 1.54) is 27.7 Å². The summed E-state index contributed by atoms with van der Waals surface area (Å²) < 4.78 is 7.87. The predicted octanol–water partition coefficient (Wildman–Crippen LogP) is 3.04. The van der Waals surface area contributed by atoms with Crippen molar-refractivity contribution >= 4 is 10.9 Å². The highest BCUT2D eigenvalue weighted by molar-refractivity contribution is 5.87. The number of nitrogens with zero attached hydrogens (tertiary/aromatic N) is 2. The number of benzene rings is 1. The lowest BCUT2D eigenvalue weighted by molar-refractivity contribution is -0.0513. The van der Waals surface area contributed by atoms with Gasteiger partial charge in [-0.25, -0.2) is 0 Å².